The zero-order valence-corrected chi connectivity index (χ0v) is 43.3. The van der Waals surface area contributed by atoms with E-state index in [2.05, 4.69) is 16.1 Å². The van der Waals surface area contributed by atoms with Crippen molar-refractivity contribution in [1.29, 1.82) is 0 Å². The molecule has 13 heterocycles. The second kappa shape index (κ2) is 44.6. The van der Waals surface area contributed by atoms with E-state index in [4.69, 9.17) is 52.1 Å². The first-order chi connectivity index (χ1) is 34.3. The monoisotopic (exact) mass is 978 g/mol. The lowest BCUT2D eigenvalue weighted by Gasteiger charge is -2.35. The number of nitrogens with zero attached hydrogens (tertiary/aromatic N) is 1. The molecule has 15 rings (SSSR count). The molecule has 6 bridgehead atoms. The van der Waals surface area contributed by atoms with Crippen molar-refractivity contribution in [3.8, 4) is 0 Å². The highest BCUT2D eigenvalue weighted by atomic mass is 16.6. The molecule has 11 fully saturated rings. The molecule has 13 aliphatic heterocycles. The van der Waals surface area contributed by atoms with Gasteiger partial charge in [0.25, 0.3) is 0 Å². The second-order valence-electron chi connectivity index (χ2n) is 19.4. The number of hydrogen-bond donors (Lipinski definition) is 0. The molecule has 13 heteroatoms. The van der Waals surface area contributed by atoms with Crippen molar-refractivity contribution in [3.63, 3.8) is 0 Å². The number of oxime groups is 1. The highest BCUT2D eigenvalue weighted by Crippen LogP contribution is 2.35. The molecule has 0 amide bonds. The average Bonchev–Trinajstić information content (AvgIpc) is 4.32. The number of allylic oxidation sites excluding steroid dienone is 1. The lowest BCUT2D eigenvalue weighted by molar-refractivity contribution is -0.0615. The predicted octanol–water partition coefficient (Wildman–Crippen LogP) is 11.7. The topological polar surface area (TPSA) is 123 Å². The Bertz CT molecular complexity index is 1020. The fourth-order valence-corrected chi connectivity index (χ4v) is 9.15. The van der Waals surface area contributed by atoms with Gasteiger partial charge in [0.1, 0.15) is 6.61 Å². The molecule has 0 N–H and O–H groups in total. The lowest BCUT2D eigenvalue weighted by atomic mass is 9.85. The number of ether oxygens (including phenoxy) is 11. The quantitative estimate of drug-likeness (QED) is 0.215. The Morgan fingerprint density at radius 3 is 1.06 bits per heavy atom. The van der Waals surface area contributed by atoms with Gasteiger partial charge in [-0.15, -0.1) is 0 Å². The van der Waals surface area contributed by atoms with Crippen molar-refractivity contribution in [2.45, 2.75) is 191 Å². The zero-order valence-electron chi connectivity index (χ0n) is 43.3. The average molecular weight is 978 g/mol. The molecule has 0 spiro atoms. The minimum Gasteiger partial charge on any atom is -0.502 e. The zero-order chi connectivity index (χ0) is 48.0. The molecule has 0 aromatic carbocycles. The summed E-state index contributed by atoms with van der Waals surface area (Å²) in [6.07, 6.45) is 49.6. The number of fused-ring (bicyclic) bond motifs is 7. The van der Waals surface area contributed by atoms with Crippen LogP contribution in [0.1, 0.15) is 167 Å². The van der Waals surface area contributed by atoms with Gasteiger partial charge >= 0.3 is 0 Å². The second-order valence-corrected chi connectivity index (χ2v) is 19.4. The maximum atomic E-state index is 5.48. The van der Waals surface area contributed by atoms with Gasteiger partial charge in [-0.25, -0.2) is 0 Å². The SMILES string of the molecule is C1=CCOCC1.C1=COCC1.C1=COCCC1.C1=NOCC1.C1CC2CC1CO2.C1CC2CCC1CO2.C1CC2CCC1O2.C1CCCOCC1.C1CCOC1.C1CCOCC1.C1COCCOC1. The van der Waals surface area contributed by atoms with E-state index in [1.807, 2.05) is 18.2 Å². The van der Waals surface area contributed by atoms with Gasteiger partial charge in [0.2, 0.25) is 0 Å². The highest BCUT2D eigenvalue weighted by molar-refractivity contribution is 5.57. The Morgan fingerprint density at radius 1 is 0.333 bits per heavy atom. The molecule has 2 saturated carbocycles. The van der Waals surface area contributed by atoms with E-state index in [-0.39, 0.29) is 0 Å². The first-order valence-electron chi connectivity index (χ1n) is 28.0. The first-order valence-corrected chi connectivity index (χ1v) is 28.0. The van der Waals surface area contributed by atoms with E-state index < -0.39 is 0 Å². The summed E-state index contributed by atoms with van der Waals surface area (Å²) in [4.78, 5) is 4.51. The molecule has 69 heavy (non-hydrogen) atoms. The van der Waals surface area contributed by atoms with Crippen LogP contribution in [0, 0.1) is 11.8 Å². The molecule has 2 aliphatic carbocycles. The molecule has 0 radical (unpaired) electrons. The van der Waals surface area contributed by atoms with Gasteiger partial charge in [0.05, 0.1) is 76.6 Å². The van der Waals surface area contributed by atoms with Crippen LogP contribution >= 0.6 is 0 Å². The van der Waals surface area contributed by atoms with Crippen LogP contribution in [-0.4, -0.2) is 143 Å². The fraction of sp³-hybridized carbons (Fsp3) is 0.875. The Labute approximate surface area is 419 Å². The Hall–Kier alpha value is -2.07. The molecule has 2 unspecified atom stereocenters. The van der Waals surface area contributed by atoms with E-state index in [1.165, 1.54) is 141 Å². The first kappa shape index (κ1) is 59.5. The van der Waals surface area contributed by atoms with Gasteiger partial charge in [0.15, 0.2) is 0 Å². The van der Waals surface area contributed by atoms with Gasteiger partial charge in [-0.1, -0.05) is 30.1 Å². The Balaban J connectivity index is 0.000000166. The lowest BCUT2D eigenvalue weighted by Crippen LogP contribution is -2.32. The molecular weight excluding hydrogens is 879 g/mol. The summed E-state index contributed by atoms with van der Waals surface area (Å²) >= 11 is 0. The van der Waals surface area contributed by atoms with E-state index in [9.17, 15) is 0 Å². The van der Waals surface area contributed by atoms with Crippen molar-refractivity contribution in [1.82, 2.24) is 0 Å². The Morgan fingerprint density at radius 2 is 0.841 bits per heavy atom. The number of hydrogen-bond acceptors (Lipinski definition) is 13. The van der Waals surface area contributed by atoms with Crippen LogP contribution in [-0.2, 0) is 56.9 Å². The minimum absolute atomic E-state index is 0.653. The third-order valence-electron chi connectivity index (χ3n) is 13.3. The van der Waals surface area contributed by atoms with Crippen LogP contribution in [0.5, 0.6) is 0 Å². The standard InChI is InChI=1S/C7H12O.2C6H10O.C6H12O.C5H10O2.C5H10O.2C5H8O.C4H8O.C4H6O.C3H5NO/c1-3-7-4-2-6(1)5-8-7;1-2-6-3-5(1)4-7-6;1-2-6-4-3-5(1)7-6;1-2-4-6-7-5-3-1;1-2-6-4-5-7-3-1;3*1-2-4-6-5-3-1;3*1-2-4-5-3-1/h6-7H,1-5H2;2*5-6H,1-4H2;1-6H2;1-5H2;1-5H2;2,4H,1,3,5H2;1-2H,3-5H2;1-4H2;1,3H,2,4H2;2H,1,3H2. The van der Waals surface area contributed by atoms with Crippen molar-refractivity contribution in [2.24, 2.45) is 17.0 Å². The van der Waals surface area contributed by atoms with Crippen LogP contribution in [0.25, 0.3) is 0 Å². The normalized spacial score (nSPS) is 30.0. The van der Waals surface area contributed by atoms with E-state index in [0.29, 0.717) is 24.4 Å². The van der Waals surface area contributed by atoms with Crippen LogP contribution < -0.4 is 0 Å². The molecule has 15 aliphatic rings. The summed E-state index contributed by atoms with van der Waals surface area (Å²) in [6, 6.07) is 0. The van der Waals surface area contributed by atoms with Gasteiger partial charge < -0.3 is 56.9 Å². The molecule has 0 aromatic rings. The third kappa shape index (κ3) is 34.9. The van der Waals surface area contributed by atoms with Crippen molar-refractivity contribution >= 4 is 6.21 Å². The van der Waals surface area contributed by atoms with Crippen LogP contribution in [0.4, 0.5) is 0 Å². The summed E-state index contributed by atoms with van der Waals surface area (Å²) in [5.74, 6) is 1.88. The summed E-state index contributed by atoms with van der Waals surface area (Å²) in [7, 11) is 0. The summed E-state index contributed by atoms with van der Waals surface area (Å²) in [6.45, 7) is 15.7. The van der Waals surface area contributed by atoms with Crippen LogP contribution in [0.15, 0.2) is 42.0 Å². The molecule has 0 aromatic heterocycles. The van der Waals surface area contributed by atoms with Crippen LogP contribution in [0.2, 0.25) is 0 Å². The Kier molecular flexibility index (Phi) is 38.5. The predicted molar refractivity (Wildman–Crippen MR) is 274 cm³/mol. The fourth-order valence-electron chi connectivity index (χ4n) is 9.15. The molecule has 13 nitrogen and oxygen atoms in total. The van der Waals surface area contributed by atoms with Gasteiger partial charge in [-0.2, -0.15) is 0 Å². The van der Waals surface area contributed by atoms with E-state index in [0.717, 1.165) is 150 Å². The van der Waals surface area contributed by atoms with Gasteiger partial charge in [-0.3, -0.25) is 0 Å². The molecule has 400 valence electrons. The van der Waals surface area contributed by atoms with E-state index >= 15 is 0 Å². The number of rotatable bonds is 0. The maximum Gasteiger partial charge on any atom is 0.122 e. The smallest absolute Gasteiger partial charge is 0.122 e. The van der Waals surface area contributed by atoms with Gasteiger partial charge in [-0.05, 0) is 165 Å². The van der Waals surface area contributed by atoms with Crippen LogP contribution in [0.3, 0.4) is 0 Å². The van der Waals surface area contributed by atoms with Crippen molar-refractivity contribution in [3.05, 3.63) is 36.8 Å². The van der Waals surface area contributed by atoms with Crippen molar-refractivity contribution < 1.29 is 56.9 Å². The summed E-state index contributed by atoms with van der Waals surface area (Å²) in [5, 5.41) is 3.46. The molecule has 2 atom stereocenters. The summed E-state index contributed by atoms with van der Waals surface area (Å²) < 4.78 is 56.3. The van der Waals surface area contributed by atoms with Crippen molar-refractivity contribution in [2.75, 3.05) is 112 Å². The largest absolute Gasteiger partial charge is 0.502 e. The minimum atomic E-state index is 0.653. The van der Waals surface area contributed by atoms with E-state index in [1.54, 1.807) is 18.7 Å². The highest BCUT2D eigenvalue weighted by Gasteiger charge is 2.32. The molecular formula is C56H99NO12. The third-order valence-corrected chi connectivity index (χ3v) is 13.3. The molecule has 9 saturated heterocycles. The maximum absolute atomic E-state index is 5.48. The summed E-state index contributed by atoms with van der Waals surface area (Å²) in [5.41, 5.74) is 0. The van der Waals surface area contributed by atoms with Gasteiger partial charge in [0, 0.05) is 85.1 Å².